The maximum absolute atomic E-state index is 13.3. The van der Waals surface area contributed by atoms with Crippen LogP contribution in [0.1, 0.15) is 35.7 Å². The summed E-state index contributed by atoms with van der Waals surface area (Å²) in [7, 11) is 0. The Kier molecular flexibility index (Phi) is 7.96. The zero-order chi connectivity index (χ0) is 19.2. The van der Waals surface area contributed by atoms with Gasteiger partial charge in [-0.25, -0.2) is 4.39 Å². The molecule has 0 aliphatic carbocycles. The maximum Gasteiger partial charge on any atom is 0.255 e. The lowest BCUT2D eigenvalue weighted by Crippen LogP contribution is -2.42. The summed E-state index contributed by atoms with van der Waals surface area (Å²) in [6, 6.07) is 13.2. The Balaban J connectivity index is 0.00000280. The number of carbonyl (C=O) groups excluding carboxylic acids is 2. The second-order valence-corrected chi connectivity index (χ2v) is 6.96. The third-order valence-corrected chi connectivity index (χ3v) is 4.73. The fraction of sp³-hybridized carbons (Fsp3) is 0.333. The Bertz CT molecular complexity index is 831. The highest BCUT2D eigenvalue weighted by molar-refractivity contribution is 6.04. The molecule has 150 valence electrons. The van der Waals surface area contributed by atoms with E-state index in [2.05, 4.69) is 22.9 Å². The van der Waals surface area contributed by atoms with Crippen LogP contribution in [0.25, 0.3) is 0 Å². The van der Waals surface area contributed by atoms with E-state index in [9.17, 15) is 14.0 Å². The molecule has 1 saturated heterocycles. The standard InChI is InChI=1S/C21H24FN3O2.ClH/c1-14-10-17(8-9-23-14)20(26)24-13-15-4-2-7-19(11-15)25-21(27)16-5-3-6-18(22)12-16;/h2-7,11-12,14,17,23H,8-10,13H2,1H3,(H,24,26)(H,25,27);1H/t14-,17-;/m0./s1. The smallest absolute Gasteiger partial charge is 0.255 e. The van der Waals surface area contributed by atoms with Gasteiger partial charge in [-0.1, -0.05) is 18.2 Å². The quantitative estimate of drug-likeness (QED) is 0.713. The first-order valence-electron chi connectivity index (χ1n) is 9.18. The third kappa shape index (κ3) is 6.04. The van der Waals surface area contributed by atoms with E-state index in [-0.39, 0.29) is 35.7 Å². The first kappa shape index (κ1) is 21.9. The highest BCUT2D eigenvalue weighted by Crippen LogP contribution is 2.17. The normalized spacial score (nSPS) is 18.6. The van der Waals surface area contributed by atoms with Crippen LogP contribution >= 0.6 is 12.4 Å². The maximum atomic E-state index is 13.3. The summed E-state index contributed by atoms with van der Waals surface area (Å²) in [4.78, 5) is 24.6. The zero-order valence-corrected chi connectivity index (χ0v) is 16.5. The Labute approximate surface area is 170 Å². The van der Waals surface area contributed by atoms with Gasteiger partial charge >= 0.3 is 0 Å². The number of rotatable bonds is 5. The van der Waals surface area contributed by atoms with E-state index in [1.807, 2.05) is 18.2 Å². The average molecular weight is 406 g/mol. The van der Waals surface area contributed by atoms with E-state index in [0.717, 1.165) is 24.9 Å². The van der Waals surface area contributed by atoms with Crippen molar-refractivity contribution in [3.05, 3.63) is 65.5 Å². The number of carbonyl (C=O) groups is 2. The van der Waals surface area contributed by atoms with E-state index in [0.29, 0.717) is 18.3 Å². The van der Waals surface area contributed by atoms with Crippen molar-refractivity contribution in [3.63, 3.8) is 0 Å². The summed E-state index contributed by atoms with van der Waals surface area (Å²) in [5.74, 6) is -0.722. The minimum atomic E-state index is -0.452. The predicted octanol–water partition coefficient (Wildman–Crippen LogP) is 3.50. The summed E-state index contributed by atoms with van der Waals surface area (Å²) >= 11 is 0. The molecule has 1 fully saturated rings. The topological polar surface area (TPSA) is 70.2 Å². The van der Waals surface area contributed by atoms with Crippen molar-refractivity contribution < 1.29 is 14.0 Å². The average Bonchev–Trinajstić information content (AvgIpc) is 2.66. The van der Waals surface area contributed by atoms with Gasteiger partial charge < -0.3 is 16.0 Å². The summed E-state index contributed by atoms with van der Waals surface area (Å²) in [5.41, 5.74) is 1.75. The Morgan fingerprint density at radius 3 is 2.71 bits per heavy atom. The van der Waals surface area contributed by atoms with Crippen molar-refractivity contribution in [2.45, 2.75) is 32.4 Å². The second kappa shape index (κ2) is 10.2. The summed E-state index contributed by atoms with van der Waals surface area (Å²) < 4.78 is 13.3. The molecule has 2 aromatic carbocycles. The van der Waals surface area contributed by atoms with E-state index in [4.69, 9.17) is 0 Å². The van der Waals surface area contributed by atoms with E-state index < -0.39 is 5.82 Å². The van der Waals surface area contributed by atoms with Gasteiger partial charge in [-0.15, -0.1) is 12.4 Å². The molecule has 0 radical (unpaired) electrons. The molecular weight excluding hydrogens is 381 g/mol. The van der Waals surface area contributed by atoms with Gasteiger partial charge in [-0.3, -0.25) is 9.59 Å². The van der Waals surface area contributed by atoms with Crippen LogP contribution in [-0.4, -0.2) is 24.4 Å². The molecule has 28 heavy (non-hydrogen) atoms. The molecule has 2 aromatic rings. The number of hydrogen-bond acceptors (Lipinski definition) is 3. The fourth-order valence-corrected chi connectivity index (χ4v) is 3.30. The van der Waals surface area contributed by atoms with Gasteiger partial charge in [0.1, 0.15) is 5.82 Å². The largest absolute Gasteiger partial charge is 0.352 e. The lowest BCUT2D eigenvalue weighted by Gasteiger charge is -2.27. The van der Waals surface area contributed by atoms with E-state index >= 15 is 0 Å². The van der Waals surface area contributed by atoms with Crippen molar-refractivity contribution in [2.24, 2.45) is 5.92 Å². The SMILES string of the molecule is C[C@H]1C[C@@H](C(=O)NCc2cccc(NC(=O)c3cccc(F)c3)c2)CCN1.Cl. The van der Waals surface area contributed by atoms with Crippen molar-refractivity contribution in [1.82, 2.24) is 10.6 Å². The van der Waals surface area contributed by atoms with E-state index in [1.165, 1.54) is 18.2 Å². The first-order valence-corrected chi connectivity index (χ1v) is 9.18. The molecular formula is C21H25ClFN3O2. The van der Waals surface area contributed by atoms with Crippen LogP contribution in [0, 0.1) is 11.7 Å². The number of nitrogens with one attached hydrogen (secondary N) is 3. The number of hydrogen-bond donors (Lipinski definition) is 3. The third-order valence-electron chi connectivity index (χ3n) is 4.73. The Hall–Kier alpha value is -2.44. The summed E-state index contributed by atoms with van der Waals surface area (Å²) in [6.45, 7) is 3.35. The molecule has 1 aliphatic rings. The van der Waals surface area contributed by atoms with Gasteiger partial charge in [0.2, 0.25) is 5.91 Å². The lowest BCUT2D eigenvalue weighted by molar-refractivity contribution is -0.126. The van der Waals surface area contributed by atoms with Crippen molar-refractivity contribution >= 4 is 29.9 Å². The van der Waals surface area contributed by atoms with Crippen LogP contribution in [0.2, 0.25) is 0 Å². The monoisotopic (exact) mass is 405 g/mol. The Morgan fingerprint density at radius 2 is 1.96 bits per heavy atom. The number of anilines is 1. The van der Waals surface area contributed by atoms with Gasteiger partial charge in [0.05, 0.1) is 0 Å². The van der Waals surface area contributed by atoms with Crippen LogP contribution in [0.3, 0.4) is 0 Å². The summed E-state index contributed by atoms with van der Waals surface area (Å²) in [6.07, 6.45) is 1.69. The molecule has 0 unspecified atom stereocenters. The molecule has 2 amide bonds. The molecule has 0 saturated carbocycles. The molecule has 0 aromatic heterocycles. The molecule has 7 heteroatoms. The molecule has 3 N–H and O–H groups in total. The molecule has 5 nitrogen and oxygen atoms in total. The highest BCUT2D eigenvalue weighted by atomic mass is 35.5. The second-order valence-electron chi connectivity index (χ2n) is 6.96. The summed E-state index contributed by atoms with van der Waals surface area (Å²) in [5, 5.41) is 9.08. The molecule has 2 atom stereocenters. The van der Waals surface area contributed by atoms with Crippen LogP contribution in [-0.2, 0) is 11.3 Å². The van der Waals surface area contributed by atoms with E-state index in [1.54, 1.807) is 12.1 Å². The van der Waals surface area contributed by atoms with Crippen LogP contribution < -0.4 is 16.0 Å². The van der Waals surface area contributed by atoms with Gasteiger partial charge in [-0.2, -0.15) is 0 Å². The highest BCUT2D eigenvalue weighted by Gasteiger charge is 2.24. The zero-order valence-electron chi connectivity index (χ0n) is 15.7. The molecule has 1 heterocycles. The minimum absolute atomic E-state index is 0. The first-order chi connectivity index (χ1) is 13.0. The number of halogens is 2. The van der Waals surface area contributed by atoms with Gasteiger partial charge in [0.15, 0.2) is 0 Å². The predicted molar refractivity (Wildman–Crippen MR) is 110 cm³/mol. The number of benzene rings is 2. The molecule has 0 spiro atoms. The number of piperidine rings is 1. The van der Waals surface area contributed by atoms with Crippen LogP contribution in [0.5, 0.6) is 0 Å². The Morgan fingerprint density at radius 1 is 1.18 bits per heavy atom. The minimum Gasteiger partial charge on any atom is -0.352 e. The molecule has 0 bridgehead atoms. The van der Waals surface area contributed by atoms with Gasteiger partial charge in [-0.05, 0) is 62.2 Å². The lowest BCUT2D eigenvalue weighted by atomic mass is 9.92. The van der Waals surface area contributed by atoms with Gasteiger partial charge in [0.25, 0.3) is 5.91 Å². The van der Waals surface area contributed by atoms with Crippen LogP contribution in [0.4, 0.5) is 10.1 Å². The van der Waals surface area contributed by atoms with Crippen LogP contribution in [0.15, 0.2) is 48.5 Å². The van der Waals surface area contributed by atoms with Crippen molar-refractivity contribution in [2.75, 3.05) is 11.9 Å². The van der Waals surface area contributed by atoms with Gasteiger partial charge in [0, 0.05) is 29.8 Å². The number of amides is 2. The van der Waals surface area contributed by atoms with Crippen molar-refractivity contribution in [1.29, 1.82) is 0 Å². The van der Waals surface area contributed by atoms with Crippen molar-refractivity contribution in [3.8, 4) is 0 Å². The molecule has 3 rings (SSSR count). The fourth-order valence-electron chi connectivity index (χ4n) is 3.30. The molecule has 1 aliphatic heterocycles.